The van der Waals surface area contributed by atoms with Gasteiger partial charge in [-0.15, -0.1) is 0 Å². The van der Waals surface area contributed by atoms with E-state index in [4.69, 9.17) is 9.47 Å². The van der Waals surface area contributed by atoms with Gasteiger partial charge >= 0.3 is 6.03 Å². The Morgan fingerprint density at radius 1 is 1.30 bits per heavy atom. The zero-order valence-corrected chi connectivity index (χ0v) is 18.8. The molecule has 3 rings (SSSR count). The van der Waals surface area contributed by atoms with E-state index >= 15 is 0 Å². The maximum atomic E-state index is 12.8. The van der Waals surface area contributed by atoms with Crippen LogP contribution in [0.15, 0.2) is 11.1 Å². The number of anilines is 1. The fourth-order valence-corrected chi connectivity index (χ4v) is 4.43. The lowest BCUT2D eigenvalue weighted by molar-refractivity contribution is 0.0165. The fraction of sp³-hybridized carbons (Fsp3) is 0.611. The highest BCUT2D eigenvalue weighted by atomic mass is 32.2. The van der Waals surface area contributed by atoms with Gasteiger partial charge in [0.15, 0.2) is 4.90 Å². The number of hydrogen-bond donors (Lipinski definition) is 2. The highest BCUT2D eigenvalue weighted by molar-refractivity contribution is 7.90. The monoisotopic (exact) mass is 440 g/mol. The number of aryl methyl sites for hydroxylation is 1. The standard InChI is InChI=1S/C18H28N6O5S/c1-10(2)14-15(16(11(3)4)23(5)21-14)20-18(25)22-30(26,27)13-7-19-24-8-12(28-6)9-29-17(13)24/h7,10-12H,8-9H2,1-6H3,(H2,20,22,25). The van der Waals surface area contributed by atoms with Crippen LogP contribution in [0.5, 0.6) is 5.88 Å². The number of urea groups is 1. The number of ether oxygens (including phenoxy) is 2. The van der Waals surface area contributed by atoms with E-state index in [9.17, 15) is 13.2 Å². The smallest absolute Gasteiger partial charge is 0.333 e. The molecule has 0 spiro atoms. The van der Waals surface area contributed by atoms with Crippen molar-refractivity contribution in [1.82, 2.24) is 24.3 Å². The van der Waals surface area contributed by atoms with E-state index in [0.29, 0.717) is 17.9 Å². The lowest BCUT2D eigenvalue weighted by Gasteiger charge is -2.23. The van der Waals surface area contributed by atoms with Crippen LogP contribution >= 0.6 is 0 Å². The number of rotatable bonds is 6. The number of amides is 2. The van der Waals surface area contributed by atoms with Crippen molar-refractivity contribution in [3.8, 4) is 5.88 Å². The van der Waals surface area contributed by atoms with Crippen LogP contribution in [-0.2, 0) is 28.4 Å². The number of fused-ring (bicyclic) bond motifs is 1. The molecule has 2 N–H and O–H groups in total. The molecular weight excluding hydrogens is 412 g/mol. The van der Waals surface area contributed by atoms with Gasteiger partial charge in [0.05, 0.1) is 29.8 Å². The zero-order valence-electron chi connectivity index (χ0n) is 18.0. The molecule has 0 radical (unpaired) electrons. The average Bonchev–Trinajstić information content (AvgIpc) is 3.21. The average molecular weight is 441 g/mol. The van der Waals surface area contributed by atoms with Crippen molar-refractivity contribution in [3.05, 3.63) is 17.6 Å². The first-order valence-electron chi connectivity index (χ1n) is 9.67. The second kappa shape index (κ2) is 8.26. The summed E-state index contributed by atoms with van der Waals surface area (Å²) in [4.78, 5) is 12.4. The van der Waals surface area contributed by atoms with Gasteiger partial charge in [-0.05, 0) is 11.8 Å². The van der Waals surface area contributed by atoms with E-state index in [1.807, 2.05) is 32.4 Å². The first kappa shape index (κ1) is 22.1. The van der Waals surface area contributed by atoms with E-state index in [0.717, 1.165) is 11.9 Å². The summed E-state index contributed by atoms with van der Waals surface area (Å²) in [7, 11) is -0.860. The van der Waals surface area contributed by atoms with Crippen molar-refractivity contribution in [3.63, 3.8) is 0 Å². The summed E-state index contributed by atoms with van der Waals surface area (Å²) in [6.45, 7) is 8.42. The van der Waals surface area contributed by atoms with E-state index in [2.05, 4.69) is 15.5 Å². The first-order chi connectivity index (χ1) is 14.0. The predicted octanol–water partition coefficient (Wildman–Crippen LogP) is 1.78. The number of sulfonamides is 1. The summed E-state index contributed by atoms with van der Waals surface area (Å²) in [5.41, 5.74) is 2.01. The lowest BCUT2D eigenvalue weighted by Crippen LogP contribution is -2.36. The van der Waals surface area contributed by atoms with Crippen molar-refractivity contribution in [2.75, 3.05) is 19.0 Å². The van der Waals surface area contributed by atoms with Crippen LogP contribution in [0.4, 0.5) is 10.5 Å². The normalized spacial score (nSPS) is 16.5. The van der Waals surface area contributed by atoms with Crippen LogP contribution in [0.3, 0.4) is 0 Å². The second-order valence-corrected chi connectivity index (χ2v) is 9.45. The summed E-state index contributed by atoms with van der Waals surface area (Å²) in [6, 6.07) is -0.877. The summed E-state index contributed by atoms with van der Waals surface area (Å²) >= 11 is 0. The van der Waals surface area contributed by atoms with Gasteiger partial charge in [0.25, 0.3) is 10.0 Å². The number of carbonyl (C=O) groups excluding carboxylic acids is 1. The van der Waals surface area contributed by atoms with Gasteiger partial charge in [-0.3, -0.25) is 4.68 Å². The maximum Gasteiger partial charge on any atom is 0.333 e. The van der Waals surface area contributed by atoms with E-state index in [-0.39, 0.29) is 35.3 Å². The molecule has 166 valence electrons. The van der Waals surface area contributed by atoms with Gasteiger partial charge in [0.1, 0.15) is 12.7 Å². The molecule has 30 heavy (non-hydrogen) atoms. The molecule has 12 heteroatoms. The Labute approximate surface area is 175 Å². The number of nitrogens with zero attached hydrogens (tertiary/aromatic N) is 4. The molecule has 2 aromatic heterocycles. The summed E-state index contributed by atoms with van der Waals surface area (Å²) in [6.07, 6.45) is 0.935. The third kappa shape index (κ3) is 4.15. The minimum Gasteiger partial charge on any atom is -0.474 e. The maximum absolute atomic E-state index is 12.8. The first-order valence-corrected chi connectivity index (χ1v) is 11.2. The van der Waals surface area contributed by atoms with Gasteiger partial charge in [0, 0.05) is 14.2 Å². The van der Waals surface area contributed by atoms with Crippen LogP contribution in [0, 0.1) is 0 Å². The fourth-order valence-electron chi connectivity index (χ4n) is 3.45. The third-order valence-electron chi connectivity index (χ3n) is 4.84. The van der Waals surface area contributed by atoms with Crippen LogP contribution in [0.25, 0.3) is 0 Å². The van der Waals surface area contributed by atoms with Gasteiger partial charge in [0.2, 0.25) is 5.88 Å². The molecule has 1 unspecified atom stereocenters. The van der Waals surface area contributed by atoms with Gasteiger partial charge < -0.3 is 14.8 Å². The molecule has 2 amide bonds. The van der Waals surface area contributed by atoms with Crippen molar-refractivity contribution in [2.24, 2.45) is 7.05 Å². The molecule has 1 aliphatic heterocycles. The van der Waals surface area contributed by atoms with Gasteiger partial charge in [-0.1, -0.05) is 27.7 Å². The SMILES string of the molecule is COC1COc2c(S(=O)(=O)NC(=O)Nc3c(C(C)C)nn(C)c3C(C)C)cnn2C1. The van der Waals surface area contributed by atoms with Crippen molar-refractivity contribution < 1.29 is 22.7 Å². The van der Waals surface area contributed by atoms with E-state index in [1.54, 1.807) is 18.8 Å². The Balaban J connectivity index is 1.83. The largest absolute Gasteiger partial charge is 0.474 e. The Hall–Kier alpha value is -2.60. The molecule has 3 heterocycles. The molecule has 1 atom stereocenters. The molecule has 1 aliphatic rings. The Morgan fingerprint density at radius 2 is 2.00 bits per heavy atom. The molecule has 0 bridgehead atoms. The number of nitrogens with one attached hydrogen (secondary N) is 2. The summed E-state index contributed by atoms with van der Waals surface area (Å²) < 4.78 is 41.5. The Kier molecular flexibility index (Phi) is 6.09. The van der Waals surface area contributed by atoms with Crippen LogP contribution in [0.2, 0.25) is 0 Å². The minimum absolute atomic E-state index is 0.0421. The molecule has 0 saturated carbocycles. The highest BCUT2D eigenvalue weighted by Gasteiger charge is 2.31. The van der Waals surface area contributed by atoms with Crippen LogP contribution in [0.1, 0.15) is 50.9 Å². The van der Waals surface area contributed by atoms with Gasteiger partial charge in [-0.25, -0.2) is 22.6 Å². The van der Waals surface area contributed by atoms with Crippen molar-refractivity contribution in [1.29, 1.82) is 0 Å². The van der Waals surface area contributed by atoms with Crippen LogP contribution < -0.4 is 14.8 Å². The summed E-state index contributed by atoms with van der Waals surface area (Å²) in [5, 5.41) is 11.2. The molecule has 0 fully saturated rings. The lowest BCUT2D eigenvalue weighted by atomic mass is 10.0. The number of methoxy groups -OCH3 is 1. The number of aromatic nitrogens is 4. The van der Waals surface area contributed by atoms with E-state index in [1.165, 1.54) is 4.68 Å². The quantitative estimate of drug-likeness (QED) is 0.700. The van der Waals surface area contributed by atoms with Crippen molar-refractivity contribution in [2.45, 2.75) is 57.1 Å². The molecule has 0 aliphatic carbocycles. The Morgan fingerprint density at radius 3 is 2.60 bits per heavy atom. The molecule has 0 saturated heterocycles. The van der Waals surface area contributed by atoms with Gasteiger partial charge in [-0.2, -0.15) is 10.2 Å². The number of carbonyl (C=O) groups is 1. The zero-order chi connectivity index (χ0) is 22.2. The topological polar surface area (TPSA) is 129 Å². The summed E-state index contributed by atoms with van der Waals surface area (Å²) in [5.74, 6) is 0.197. The Bertz CT molecular complexity index is 1040. The predicted molar refractivity (Wildman–Crippen MR) is 109 cm³/mol. The molecular formula is C18H28N6O5S. The van der Waals surface area contributed by atoms with E-state index < -0.39 is 16.1 Å². The molecule has 2 aromatic rings. The minimum atomic E-state index is -4.20. The molecule has 11 nitrogen and oxygen atoms in total. The second-order valence-electron chi connectivity index (χ2n) is 7.80. The molecule has 0 aromatic carbocycles. The number of hydrogen-bond acceptors (Lipinski definition) is 7. The third-order valence-corrected chi connectivity index (χ3v) is 6.16. The van der Waals surface area contributed by atoms with Crippen LogP contribution in [-0.4, -0.2) is 53.8 Å². The highest BCUT2D eigenvalue weighted by Crippen LogP contribution is 2.32. The van der Waals surface area contributed by atoms with Crippen molar-refractivity contribution >= 4 is 21.7 Å².